The molecule has 3 heterocycles. The van der Waals surface area contributed by atoms with Gasteiger partial charge in [0.2, 0.25) is 5.95 Å². The largest absolute Gasteiger partial charge is 0.384 e. The van der Waals surface area contributed by atoms with E-state index in [-0.39, 0.29) is 12.4 Å². The lowest BCUT2D eigenvalue weighted by Gasteiger charge is -2.35. The maximum atomic E-state index is 4.80. The SMILES string of the molecule is Cc1cc(C(C)C)nc(N2CCN(Cc3cccc4c3NCC4)CC2)n1.Cl. The van der Waals surface area contributed by atoms with Gasteiger partial charge in [0.05, 0.1) is 0 Å². The molecular weight excluding hydrogens is 358 g/mol. The van der Waals surface area contributed by atoms with Gasteiger partial charge in [-0.05, 0) is 36.5 Å². The molecule has 1 saturated heterocycles. The van der Waals surface area contributed by atoms with Gasteiger partial charge < -0.3 is 10.2 Å². The molecule has 5 nitrogen and oxygen atoms in total. The van der Waals surface area contributed by atoms with Crippen LogP contribution in [0.2, 0.25) is 0 Å². The van der Waals surface area contributed by atoms with Crippen LogP contribution in [0.5, 0.6) is 0 Å². The molecule has 1 aromatic carbocycles. The molecule has 1 aromatic heterocycles. The summed E-state index contributed by atoms with van der Waals surface area (Å²) in [5, 5.41) is 3.56. The van der Waals surface area contributed by atoms with E-state index in [9.17, 15) is 0 Å². The minimum Gasteiger partial charge on any atom is -0.384 e. The van der Waals surface area contributed by atoms with Crippen molar-refractivity contribution in [2.45, 2.75) is 39.7 Å². The highest BCUT2D eigenvalue weighted by Gasteiger charge is 2.22. The van der Waals surface area contributed by atoms with E-state index in [1.807, 2.05) is 0 Å². The molecule has 0 unspecified atom stereocenters. The summed E-state index contributed by atoms with van der Waals surface area (Å²) in [5.41, 5.74) is 6.48. The van der Waals surface area contributed by atoms with E-state index in [0.29, 0.717) is 5.92 Å². The third-order valence-electron chi connectivity index (χ3n) is 5.44. The van der Waals surface area contributed by atoms with Crippen LogP contribution in [-0.4, -0.2) is 47.6 Å². The lowest BCUT2D eigenvalue weighted by atomic mass is 10.1. The van der Waals surface area contributed by atoms with Gasteiger partial charge in [-0.2, -0.15) is 0 Å². The quantitative estimate of drug-likeness (QED) is 0.867. The number of piperazine rings is 1. The second kappa shape index (κ2) is 8.44. The molecule has 2 aliphatic heterocycles. The number of hydrogen-bond donors (Lipinski definition) is 1. The maximum absolute atomic E-state index is 4.80. The number of benzene rings is 1. The molecular formula is C21H30ClN5. The fourth-order valence-electron chi connectivity index (χ4n) is 3.90. The van der Waals surface area contributed by atoms with Crippen molar-refractivity contribution in [3.05, 3.63) is 46.8 Å². The molecule has 1 N–H and O–H groups in total. The van der Waals surface area contributed by atoms with Crippen LogP contribution in [0, 0.1) is 6.92 Å². The number of nitrogens with one attached hydrogen (secondary N) is 1. The predicted octanol–water partition coefficient (Wildman–Crippen LogP) is 3.62. The van der Waals surface area contributed by atoms with Crippen molar-refractivity contribution in [3.8, 4) is 0 Å². The predicted molar refractivity (Wildman–Crippen MR) is 114 cm³/mol. The Morgan fingerprint density at radius 2 is 1.89 bits per heavy atom. The lowest BCUT2D eigenvalue weighted by molar-refractivity contribution is 0.249. The number of aromatic nitrogens is 2. The summed E-state index contributed by atoms with van der Waals surface area (Å²) in [6.45, 7) is 12.6. The first-order valence-corrected chi connectivity index (χ1v) is 9.77. The molecule has 27 heavy (non-hydrogen) atoms. The fourth-order valence-corrected chi connectivity index (χ4v) is 3.90. The van der Waals surface area contributed by atoms with Gasteiger partial charge in [0.25, 0.3) is 0 Å². The zero-order valence-corrected chi connectivity index (χ0v) is 17.4. The minimum absolute atomic E-state index is 0. The van der Waals surface area contributed by atoms with Crippen molar-refractivity contribution in [2.75, 3.05) is 42.9 Å². The molecule has 0 spiro atoms. The summed E-state index contributed by atoms with van der Waals surface area (Å²) in [4.78, 5) is 14.4. The van der Waals surface area contributed by atoms with Gasteiger partial charge in [-0.1, -0.05) is 32.0 Å². The third kappa shape index (κ3) is 4.36. The molecule has 6 heteroatoms. The topological polar surface area (TPSA) is 44.3 Å². The third-order valence-corrected chi connectivity index (χ3v) is 5.44. The average Bonchev–Trinajstić information content (AvgIpc) is 3.11. The van der Waals surface area contributed by atoms with Crippen LogP contribution in [0.15, 0.2) is 24.3 Å². The number of rotatable bonds is 4. The first kappa shape index (κ1) is 19.9. The second-order valence-corrected chi connectivity index (χ2v) is 7.78. The zero-order chi connectivity index (χ0) is 18.1. The van der Waals surface area contributed by atoms with E-state index < -0.39 is 0 Å². The number of halogens is 1. The number of anilines is 2. The van der Waals surface area contributed by atoms with Crippen LogP contribution < -0.4 is 10.2 Å². The van der Waals surface area contributed by atoms with Gasteiger partial charge in [-0.25, -0.2) is 9.97 Å². The van der Waals surface area contributed by atoms with Crippen LogP contribution >= 0.6 is 12.4 Å². The number of fused-ring (bicyclic) bond motifs is 1. The highest BCUT2D eigenvalue weighted by Crippen LogP contribution is 2.28. The summed E-state index contributed by atoms with van der Waals surface area (Å²) in [7, 11) is 0. The van der Waals surface area contributed by atoms with Gasteiger partial charge >= 0.3 is 0 Å². The molecule has 0 aliphatic carbocycles. The zero-order valence-electron chi connectivity index (χ0n) is 16.5. The summed E-state index contributed by atoms with van der Waals surface area (Å²) in [6.07, 6.45) is 1.15. The van der Waals surface area contributed by atoms with Crippen molar-refractivity contribution in [1.29, 1.82) is 0 Å². The number of para-hydroxylation sites is 1. The highest BCUT2D eigenvalue weighted by molar-refractivity contribution is 5.85. The van der Waals surface area contributed by atoms with Crippen molar-refractivity contribution < 1.29 is 0 Å². The summed E-state index contributed by atoms with van der Waals surface area (Å²) in [5.74, 6) is 1.33. The average molecular weight is 388 g/mol. The molecule has 0 atom stereocenters. The Kier molecular flexibility index (Phi) is 6.22. The summed E-state index contributed by atoms with van der Waals surface area (Å²) < 4.78 is 0. The van der Waals surface area contributed by atoms with Crippen molar-refractivity contribution in [3.63, 3.8) is 0 Å². The Hall–Kier alpha value is -1.85. The number of aryl methyl sites for hydroxylation is 1. The Morgan fingerprint density at radius 1 is 1.11 bits per heavy atom. The molecule has 1 fully saturated rings. The molecule has 2 aliphatic rings. The Morgan fingerprint density at radius 3 is 2.63 bits per heavy atom. The minimum atomic E-state index is 0. The van der Waals surface area contributed by atoms with Gasteiger partial charge in [-0.15, -0.1) is 12.4 Å². The molecule has 146 valence electrons. The lowest BCUT2D eigenvalue weighted by Crippen LogP contribution is -2.46. The van der Waals surface area contributed by atoms with Gasteiger partial charge in [0.1, 0.15) is 0 Å². The van der Waals surface area contributed by atoms with E-state index in [0.717, 1.165) is 63.0 Å². The van der Waals surface area contributed by atoms with Gasteiger partial charge in [0.15, 0.2) is 0 Å². The van der Waals surface area contributed by atoms with E-state index in [2.05, 4.69) is 65.1 Å². The number of nitrogens with zero attached hydrogens (tertiary/aromatic N) is 4. The molecule has 0 radical (unpaired) electrons. The van der Waals surface area contributed by atoms with E-state index >= 15 is 0 Å². The van der Waals surface area contributed by atoms with E-state index in [4.69, 9.17) is 4.98 Å². The summed E-state index contributed by atoms with van der Waals surface area (Å²) in [6, 6.07) is 8.82. The molecule has 2 aromatic rings. The normalized spacial score (nSPS) is 16.8. The van der Waals surface area contributed by atoms with Crippen molar-refractivity contribution in [1.82, 2.24) is 14.9 Å². The fraction of sp³-hybridized carbons (Fsp3) is 0.524. The maximum Gasteiger partial charge on any atom is 0.225 e. The van der Waals surface area contributed by atoms with E-state index in [1.165, 1.54) is 16.8 Å². The highest BCUT2D eigenvalue weighted by atomic mass is 35.5. The second-order valence-electron chi connectivity index (χ2n) is 7.78. The van der Waals surface area contributed by atoms with Crippen LogP contribution in [0.25, 0.3) is 0 Å². The first-order chi connectivity index (χ1) is 12.6. The van der Waals surface area contributed by atoms with Crippen LogP contribution in [-0.2, 0) is 13.0 Å². The Labute approximate surface area is 168 Å². The summed E-state index contributed by atoms with van der Waals surface area (Å²) >= 11 is 0. The van der Waals surface area contributed by atoms with Crippen LogP contribution in [0.3, 0.4) is 0 Å². The molecule has 4 rings (SSSR count). The van der Waals surface area contributed by atoms with Crippen LogP contribution in [0.1, 0.15) is 42.3 Å². The standard InChI is InChI=1S/C21H29N5.ClH/c1-15(2)19-13-16(3)23-21(24-19)26-11-9-25(10-12-26)14-18-6-4-5-17-7-8-22-20(17)18;/h4-6,13,15,22H,7-12,14H2,1-3H3;1H. The van der Waals surface area contributed by atoms with Gasteiger partial charge in [0, 0.05) is 56.3 Å². The molecule has 0 saturated carbocycles. The molecule has 0 bridgehead atoms. The molecule has 0 amide bonds. The van der Waals surface area contributed by atoms with Crippen LogP contribution in [0.4, 0.5) is 11.6 Å². The van der Waals surface area contributed by atoms with E-state index in [1.54, 1.807) is 0 Å². The number of hydrogen-bond acceptors (Lipinski definition) is 5. The smallest absolute Gasteiger partial charge is 0.225 e. The Bertz CT molecular complexity index is 784. The van der Waals surface area contributed by atoms with Gasteiger partial charge in [-0.3, -0.25) is 4.90 Å². The van der Waals surface area contributed by atoms with Crippen molar-refractivity contribution in [2.24, 2.45) is 0 Å². The van der Waals surface area contributed by atoms with Crippen molar-refractivity contribution >= 4 is 24.0 Å². The monoisotopic (exact) mass is 387 g/mol. The first-order valence-electron chi connectivity index (χ1n) is 9.77. The Balaban J connectivity index is 0.00000210.